The van der Waals surface area contributed by atoms with E-state index < -0.39 is 23.3 Å². The molecule has 0 bridgehead atoms. The molecule has 0 aliphatic carbocycles. The van der Waals surface area contributed by atoms with Gasteiger partial charge in [-0.25, -0.2) is 9.67 Å². The van der Waals surface area contributed by atoms with Crippen LogP contribution in [0.25, 0.3) is 16.3 Å². The fourth-order valence-corrected chi connectivity index (χ4v) is 4.95. The van der Waals surface area contributed by atoms with E-state index in [4.69, 9.17) is 11.6 Å². The molecule has 1 N–H and O–H groups in total. The highest BCUT2D eigenvalue weighted by Crippen LogP contribution is 2.34. The van der Waals surface area contributed by atoms with Crippen LogP contribution in [0.3, 0.4) is 0 Å². The van der Waals surface area contributed by atoms with Crippen molar-refractivity contribution in [1.82, 2.24) is 20.1 Å². The van der Waals surface area contributed by atoms with Gasteiger partial charge < -0.3 is 5.32 Å². The van der Waals surface area contributed by atoms with Crippen molar-refractivity contribution in [1.29, 1.82) is 0 Å². The third kappa shape index (κ3) is 4.87. The molecular weight excluding hydrogens is 481 g/mol. The maximum absolute atomic E-state index is 13.8. The monoisotopic (exact) mass is 496 g/mol. The van der Waals surface area contributed by atoms with Crippen LogP contribution in [-0.4, -0.2) is 27.2 Å². The number of nitrogens with zero attached hydrogens (tertiary/aromatic N) is 3. The van der Waals surface area contributed by atoms with Gasteiger partial charge in [0.2, 0.25) is 0 Å². The van der Waals surface area contributed by atoms with Crippen LogP contribution in [-0.2, 0) is 12.6 Å². The van der Waals surface area contributed by atoms with Crippen LogP contribution in [0.4, 0.5) is 13.2 Å². The molecule has 166 valence electrons. The Hall–Kier alpha value is -2.69. The molecule has 1 aromatic carbocycles. The number of halogens is 4. The minimum absolute atomic E-state index is 0.118. The quantitative estimate of drug-likeness (QED) is 0.355. The molecule has 0 saturated heterocycles. The first-order chi connectivity index (χ1) is 15.2. The first-order valence-corrected chi connectivity index (χ1v) is 11.5. The van der Waals surface area contributed by atoms with E-state index in [0.717, 1.165) is 26.7 Å². The standard InChI is InChI=1S/C21H16ClF3N4OS2/c1-12-28-17(11-31-12)18-6-5-15(32-18)7-8-26-20(30)16-10-27-29(19(16)21(23,24)25)14-4-2-3-13(22)9-14/h2-6,9-11H,7-8H2,1H3,(H,26,30). The number of carbonyl (C=O) groups is 1. The molecule has 0 fully saturated rings. The lowest BCUT2D eigenvalue weighted by Crippen LogP contribution is -2.28. The number of aromatic nitrogens is 3. The number of thiazole rings is 1. The molecule has 0 saturated carbocycles. The molecule has 0 aliphatic heterocycles. The number of rotatable bonds is 6. The van der Waals surface area contributed by atoms with Gasteiger partial charge in [0.1, 0.15) is 0 Å². The molecule has 4 aromatic rings. The Bertz CT molecular complexity index is 1260. The Morgan fingerprint density at radius 2 is 2.06 bits per heavy atom. The summed E-state index contributed by atoms with van der Waals surface area (Å²) in [5.74, 6) is -0.836. The normalized spacial score (nSPS) is 11.7. The Kier molecular flexibility index (Phi) is 6.36. The van der Waals surface area contributed by atoms with Crippen molar-refractivity contribution < 1.29 is 18.0 Å². The maximum atomic E-state index is 13.8. The molecule has 3 heterocycles. The molecule has 5 nitrogen and oxygen atoms in total. The summed E-state index contributed by atoms with van der Waals surface area (Å²) in [6.45, 7) is 2.12. The SMILES string of the molecule is Cc1nc(-c2ccc(CCNC(=O)c3cnn(-c4cccc(Cl)c4)c3C(F)(F)F)s2)cs1. The molecule has 0 aliphatic rings. The number of nitrogens with one attached hydrogen (secondary N) is 1. The molecular formula is C21H16ClF3N4OS2. The molecule has 0 spiro atoms. The highest BCUT2D eigenvalue weighted by molar-refractivity contribution is 7.16. The number of hydrogen-bond acceptors (Lipinski definition) is 5. The van der Waals surface area contributed by atoms with E-state index in [2.05, 4.69) is 15.4 Å². The third-order valence-electron chi connectivity index (χ3n) is 4.53. The highest BCUT2D eigenvalue weighted by Gasteiger charge is 2.40. The van der Waals surface area contributed by atoms with Crippen molar-refractivity contribution in [3.8, 4) is 16.3 Å². The molecule has 11 heteroatoms. The smallest absolute Gasteiger partial charge is 0.352 e. The predicted octanol–water partition coefficient (Wildman–Crippen LogP) is 6.01. The van der Waals surface area contributed by atoms with Gasteiger partial charge in [0.15, 0.2) is 5.69 Å². The molecule has 4 rings (SSSR count). The van der Waals surface area contributed by atoms with E-state index in [0.29, 0.717) is 11.1 Å². The van der Waals surface area contributed by atoms with Crippen molar-refractivity contribution in [2.45, 2.75) is 19.5 Å². The first kappa shape index (κ1) is 22.5. The van der Waals surface area contributed by atoms with Crippen molar-refractivity contribution in [3.63, 3.8) is 0 Å². The van der Waals surface area contributed by atoms with Crippen LogP contribution >= 0.6 is 34.3 Å². The molecule has 0 atom stereocenters. The largest absolute Gasteiger partial charge is 0.434 e. The molecule has 0 unspecified atom stereocenters. The topological polar surface area (TPSA) is 59.8 Å². The second-order valence-corrected chi connectivity index (χ2v) is 9.49. The lowest BCUT2D eigenvalue weighted by Gasteiger charge is -2.13. The summed E-state index contributed by atoms with van der Waals surface area (Å²) in [6, 6.07) is 9.73. The Morgan fingerprint density at radius 3 is 2.75 bits per heavy atom. The van der Waals surface area contributed by atoms with Crippen molar-refractivity contribution in [2.75, 3.05) is 6.54 Å². The fraction of sp³-hybridized carbons (Fsp3) is 0.190. The van der Waals surface area contributed by atoms with Gasteiger partial charge >= 0.3 is 6.18 Å². The third-order valence-corrected chi connectivity index (χ3v) is 6.70. The maximum Gasteiger partial charge on any atom is 0.434 e. The van der Waals surface area contributed by atoms with Gasteiger partial charge in [-0.3, -0.25) is 4.79 Å². The summed E-state index contributed by atoms with van der Waals surface area (Å²) in [7, 11) is 0. The summed E-state index contributed by atoms with van der Waals surface area (Å²) in [5, 5.41) is 9.57. The second-order valence-electron chi connectivity index (χ2n) is 6.82. The number of carbonyl (C=O) groups excluding carboxylic acids is 1. The lowest BCUT2D eigenvalue weighted by atomic mass is 10.2. The molecule has 3 aromatic heterocycles. The van der Waals surface area contributed by atoms with Gasteiger partial charge in [0.25, 0.3) is 5.91 Å². The summed E-state index contributed by atoms with van der Waals surface area (Å²) in [5.41, 5.74) is -0.667. The van der Waals surface area contributed by atoms with Crippen LogP contribution in [0.2, 0.25) is 5.02 Å². The lowest BCUT2D eigenvalue weighted by molar-refractivity contribution is -0.143. The van der Waals surface area contributed by atoms with Gasteiger partial charge in [-0.2, -0.15) is 18.3 Å². The predicted molar refractivity (Wildman–Crippen MR) is 120 cm³/mol. The molecule has 0 radical (unpaired) electrons. The zero-order chi connectivity index (χ0) is 22.9. The van der Waals surface area contributed by atoms with Crippen molar-refractivity contribution in [2.24, 2.45) is 0 Å². The van der Waals surface area contributed by atoms with E-state index in [1.165, 1.54) is 18.2 Å². The van der Waals surface area contributed by atoms with Gasteiger partial charge in [-0.15, -0.1) is 22.7 Å². The summed E-state index contributed by atoms with van der Waals surface area (Å²) < 4.78 is 42.0. The summed E-state index contributed by atoms with van der Waals surface area (Å²) >= 11 is 9.00. The number of alkyl halides is 3. The first-order valence-electron chi connectivity index (χ1n) is 9.43. The number of hydrogen-bond donors (Lipinski definition) is 1. The Labute approximate surface area is 194 Å². The Morgan fingerprint density at radius 1 is 1.25 bits per heavy atom. The van der Waals surface area contributed by atoms with E-state index in [9.17, 15) is 18.0 Å². The van der Waals surface area contributed by atoms with Gasteiger partial charge in [-0.1, -0.05) is 17.7 Å². The summed E-state index contributed by atoms with van der Waals surface area (Å²) in [6.07, 6.45) is -3.37. The number of amides is 1. The van der Waals surface area contributed by atoms with E-state index >= 15 is 0 Å². The van der Waals surface area contributed by atoms with Crippen LogP contribution in [0.5, 0.6) is 0 Å². The number of aryl methyl sites for hydroxylation is 1. The average Bonchev–Trinajstić information content (AvgIpc) is 3.46. The van der Waals surface area contributed by atoms with E-state index in [1.807, 2.05) is 24.4 Å². The minimum Gasteiger partial charge on any atom is -0.352 e. The van der Waals surface area contributed by atoms with Gasteiger partial charge in [0, 0.05) is 21.8 Å². The second kappa shape index (κ2) is 9.05. The molecule has 1 amide bonds. The van der Waals surface area contributed by atoms with Crippen LogP contribution < -0.4 is 5.32 Å². The zero-order valence-corrected chi connectivity index (χ0v) is 19.0. The van der Waals surface area contributed by atoms with Gasteiger partial charge in [0.05, 0.1) is 33.0 Å². The van der Waals surface area contributed by atoms with Gasteiger partial charge in [-0.05, 0) is 43.7 Å². The minimum atomic E-state index is -4.78. The number of thiophene rings is 1. The van der Waals surface area contributed by atoms with Crippen LogP contribution in [0.15, 0.2) is 48.0 Å². The highest BCUT2D eigenvalue weighted by atomic mass is 35.5. The molecule has 32 heavy (non-hydrogen) atoms. The van der Waals surface area contributed by atoms with Crippen LogP contribution in [0.1, 0.15) is 25.9 Å². The Balaban J connectivity index is 1.47. The summed E-state index contributed by atoms with van der Waals surface area (Å²) in [4.78, 5) is 19.0. The average molecular weight is 497 g/mol. The van der Waals surface area contributed by atoms with E-state index in [1.54, 1.807) is 28.7 Å². The fourth-order valence-electron chi connectivity index (χ4n) is 3.11. The number of benzene rings is 1. The van der Waals surface area contributed by atoms with Crippen molar-refractivity contribution >= 4 is 40.2 Å². The van der Waals surface area contributed by atoms with Crippen molar-refractivity contribution in [3.05, 3.63) is 74.1 Å². The zero-order valence-electron chi connectivity index (χ0n) is 16.6. The van der Waals surface area contributed by atoms with Crippen LogP contribution in [0, 0.1) is 6.92 Å². The van der Waals surface area contributed by atoms with E-state index in [-0.39, 0.29) is 17.3 Å².